The molecule has 2 aromatic heterocycles. The number of fused-ring (bicyclic) bond motifs is 2. The molecule has 0 spiro atoms. The summed E-state index contributed by atoms with van der Waals surface area (Å²) in [4.78, 5) is 20.2. The van der Waals surface area contributed by atoms with Gasteiger partial charge in [-0.3, -0.25) is 0 Å². The van der Waals surface area contributed by atoms with E-state index in [1.807, 2.05) is 10.6 Å². The summed E-state index contributed by atoms with van der Waals surface area (Å²) in [6, 6.07) is 11.3. The lowest BCUT2D eigenvalue weighted by molar-refractivity contribution is 0.0697. The Labute approximate surface area is 177 Å². The minimum Gasteiger partial charge on any atom is -0.478 e. The van der Waals surface area contributed by atoms with E-state index in [2.05, 4.69) is 27.4 Å². The maximum absolute atomic E-state index is 11.2. The molecule has 3 N–H and O–H groups in total. The standard InChI is InChI=1S/C22H22N4O3S/c27-19-4-2-1-3-15(19)24-22-25-16-7-5-13(9-20(16)30-22)11-26-12-23-17-10-14(21(28)29)6-8-18(17)26/h5-10,12,15,19,27H,1-4,11H2,(H,24,25)(H,28,29)/t15-,19-/m1/s1. The second-order valence-electron chi connectivity index (χ2n) is 7.80. The summed E-state index contributed by atoms with van der Waals surface area (Å²) in [5, 5.41) is 23.6. The second-order valence-corrected chi connectivity index (χ2v) is 8.84. The Morgan fingerprint density at radius 1 is 1.17 bits per heavy atom. The number of nitrogens with one attached hydrogen (secondary N) is 1. The molecule has 0 radical (unpaired) electrons. The van der Waals surface area contributed by atoms with Crippen LogP contribution in [0.2, 0.25) is 0 Å². The normalized spacial score (nSPS) is 19.4. The van der Waals surface area contributed by atoms with Crippen LogP contribution in [0.1, 0.15) is 41.6 Å². The number of carboxylic acids is 1. The van der Waals surface area contributed by atoms with Crippen molar-refractivity contribution in [1.29, 1.82) is 0 Å². The van der Waals surface area contributed by atoms with E-state index in [1.165, 1.54) is 0 Å². The molecule has 1 fully saturated rings. The first-order valence-electron chi connectivity index (χ1n) is 10.1. The molecule has 1 aliphatic rings. The van der Waals surface area contributed by atoms with Gasteiger partial charge in [-0.15, -0.1) is 0 Å². The van der Waals surface area contributed by atoms with Gasteiger partial charge < -0.3 is 20.1 Å². The maximum atomic E-state index is 11.2. The van der Waals surface area contributed by atoms with Crippen molar-refractivity contribution in [2.45, 2.75) is 44.4 Å². The number of anilines is 1. The van der Waals surface area contributed by atoms with Crippen LogP contribution in [-0.2, 0) is 6.54 Å². The Hall–Kier alpha value is -2.97. The number of rotatable bonds is 5. The van der Waals surface area contributed by atoms with Crippen molar-refractivity contribution in [2.24, 2.45) is 0 Å². The lowest BCUT2D eigenvalue weighted by Gasteiger charge is -2.27. The summed E-state index contributed by atoms with van der Waals surface area (Å²) in [7, 11) is 0. The zero-order valence-electron chi connectivity index (χ0n) is 16.3. The van der Waals surface area contributed by atoms with E-state index in [0.29, 0.717) is 12.1 Å². The summed E-state index contributed by atoms with van der Waals surface area (Å²) >= 11 is 1.61. The van der Waals surface area contributed by atoms with Gasteiger partial charge in [0.1, 0.15) is 0 Å². The Kier molecular flexibility index (Phi) is 4.88. The van der Waals surface area contributed by atoms with Crippen molar-refractivity contribution in [2.75, 3.05) is 5.32 Å². The molecule has 2 heterocycles. The van der Waals surface area contributed by atoms with E-state index in [1.54, 1.807) is 35.9 Å². The van der Waals surface area contributed by atoms with E-state index < -0.39 is 5.97 Å². The highest BCUT2D eigenvalue weighted by atomic mass is 32.1. The van der Waals surface area contributed by atoms with E-state index >= 15 is 0 Å². The van der Waals surface area contributed by atoms with Crippen LogP contribution in [0.3, 0.4) is 0 Å². The van der Waals surface area contributed by atoms with Crippen molar-refractivity contribution in [1.82, 2.24) is 14.5 Å². The number of aromatic carboxylic acids is 1. The van der Waals surface area contributed by atoms with Crippen LogP contribution in [0.25, 0.3) is 21.3 Å². The summed E-state index contributed by atoms with van der Waals surface area (Å²) in [5.41, 5.74) is 3.88. The fourth-order valence-electron chi connectivity index (χ4n) is 4.09. The average Bonchev–Trinajstić information content (AvgIpc) is 3.32. The molecule has 0 bridgehead atoms. The molecule has 4 aromatic rings. The first-order valence-corrected chi connectivity index (χ1v) is 10.9. The fraction of sp³-hybridized carbons (Fsp3) is 0.318. The van der Waals surface area contributed by atoms with Crippen LogP contribution in [0.15, 0.2) is 42.7 Å². The predicted molar refractivity (Wildman–Crippen MR) is 117 cm³/mol. The zero-order chi connectivity index (χ0) is 20.7. The molecule has 1 aliphatic carbocycles. The van der Waals surface area contributed by atoms with E-state index in [-0.39, 0.29) is 17.7 Å². The van der Waals surface area contributed by atoms with E-state index in [9.17, 15) is 9.90 Å². The lowest BCUT2D eigenvalue weighted by atomic mass is 9.93. The van der Waals surface area contributed by atoms with Crippen LogP contribution >= 0.6 is 11.3 Å². The number of aliphatic hydroxyl groups excluding tert-OH is 1. The Balaban J connectivity index is 1.37. The van der Waals surface area contributed by atoms with Gasteiger partial charge >= 0.3 is 5.97 Å². The third kappa shape index (κ3) is 3.64. The van der Waals surface area contributed by atoms with Gasteiger partial charge in [0.25, 0.3) is 0 Å². The molecule has 8 heteroatoms. The molecule has 0 unspecified atom stereocenters. The molecule has 2 aromatic carbocycles. The average molecular weight is 423 g/mol. The lowest BCUT2D eigenvalue weighted by Crippen LogP contribution is -2.36. The van der Waals surface area contributed by atoms with Gasteiger partial charge in [0.05, 0.1) is 45.3 Å². The smallest absolute Gasteiger partial charge is 0.335 e. The Bertz CT molecular complexity index is 1230. The summed E-state index contributed by atoms with van der Waals surface area (Å²) < 4.78 is 3.11. The van der Waals surface area contributed by atoms with Gasteiger partial charge in [0.15, 0.2) is 5.13 Å². The molecule has 0 saturated heterocycles. The number of carboxylic acid groups (broad SMARTS) is 1. The highest BCUT2D eigenvalue weighted by Crippen LogP contribution is 2.30. The van der Waals surface area contributed by atoms with Crippen molar-refractivity contribution in [3.8, 4) is 0 Å². The second kappa shape index (κ2) is 7.70. The number of thiazole rings is 1. The Morgan fingerprint density at radius 3 is 2.87 bits per heavy atom. The minimum absolute atomic E-state index is 0.0757. The van der Waals surface area contributed by atoms with Crippen LogP contribution in [0.4, 0.5) is 5.13 Å². The van der Waals surface area contributed by atoms with Crippen LogP contribution in [-0.4, -0.2) is 42.9 Å². The zero-order valence-corrected chi connectivity index (χ0v) is 17.1. The van der Waals surface area contributed by atoms with Gasteiger partial charge in [0.2, 0.25) is 0 Å². The maximum Gasteiger partial charge on any atom is 0.335 e. The number of aliphatic hydroxyl groups is 1. The molecule has 0 amide bonds. The molecule has 1 saturated carbocycles. The Morgan fingerprint density at radius 2 is 2.03 bits per heavy atom. The quantitative estimate of drug-likeness (QED) is 0.448. The monoisotopic (exact) mass is 422 g/mol. The molecule has 7 nitrogen and oxygen atoms in total. The molecule has 5 rings (SSSR count). The van der Waals surface area contributed by atoms with Crippen molar-refractivity contribution in [3.63, 3.8) is 0 Å². The summed E-state index contributed by atoms with van der Waals surface area (Å²) in [5.74, 6) is -0.952. The third-order valence-electron chi connectivity index (χ3n) is 5.71. The number of hydrogen-bond donors (Lipinski definition) is 3. The van der Waals surface area contributed by atoms with Gasteiger partial charge in [-0.2, -0.15) is 0 Å². The van der Waals surface area contributed by atoms with Gasteiger partial charge in [-0.05, 0) is 48.7 Å². The number of hydrogen-bond acceptors (Lipinski definition) is 6. The molecular formula is C22H22N4O3S. The van der Waals surface area contributed by atoms with Gasteiger partial charge in [-0.1, -0.05) is 30.2 Å². The number of benzene rings is 2. The number of nitrogens with zero attached hydrogens (tertiary/aromatic N) is 3. The first-order chi connectivity index (χ1) is 14.6. The third-order valence-corrected chi connectivity index (χ3v) is 6.66. The van der Waals surface area contributed by atoms with Crippen molar-refractivity contribution >= 4 is 43.7 Å². The molecule has 154 valence electrons. The van der Waals surface area contributed by atoms with Gasteiger partial charge in [-0.25, -0.2) is 14.8 Å². The SMILES string of the molecule is O=C(O)c1ccc2c(c1)ncn2Cc1ccc2nc(N[C@@H]3CCCC[C@H]3O)sc2c1. The van der Waals surface area contributed by atoms with Crippen LogP contribution in [0, 0.1) is 0 Å². The molecule has 30 heavy (non-hydrogen) atoms. The molecular weight excluding hydrogens is 400 g/mol. The highest BCUT2D eigenvalue weighted by molar-refractivity contribution is 7.22. The topological polar surface area (TPSA) is 100 Å². The summed E-state index contributed by atoms with van der Waals surface area (Å²) in [6.45, 7) is 0.640. The summed E-state index contributed by atoms with van der Waals surface area (Å²) in [6.07, 6.45) is 5.47. The predicted octanol–water partition coefficient (Wildman–Crippen LogP) is 4.11. The number of aromatic nitrogens is 3. The highest BCUT2D eigenvalue weighted by Gasteiger charge is 2.23. The van der Waals surface area contributed by atoms with Crippen LogP contribution in [0.5, 0.6) is 0 Å². The number of carbonyl (C=O) groups is 1. The van der Waals surface area contributed by atoms with Crippen molar-refractivity contribution < 1.29 is 15.0 Å². The van der Waals surface area contributed by atoms with Crippen molar-refractivity contribution in [3.05, 3.63) is 53.9 Å². The largest absolute Gasteiger partial charge is 0.478 e. The number of imidazole rings is 1. The molecule has 0 aliphatic heterocycles. The fourth-order valence-corrected chi connectivity index (χ4v) is 5.08. The first kappa shape index (κ1) is 19.0. The molecule has 2 atom stereocenters. The van der Waals surface area contributed by atoms with E-state index in [4.69, 9.17) is 5.11 Å². The minimum atomic E-state index is -0.952. The van der Waals surface area contributed by atoms with Gasteiger partial charge in [0, 0.05) is 6.54 Å². The van der Waals surface area contributed by atoms with Crippen LogP contribution < -0.4 is 5.32 Å². The van der Waals surface area contributed by atoms with E-state index in [0.717, 1.165) is 52.1 Å².